The van der Waals surface area contributed by atoms with Crippen LogP contribution in [0, 0.1) is 28.9 Å². The predicted molar refractivity (Wildman–Crippen MR) is 288 cm³/mol. The Morgan fingerprint density at radius 3 is 2.43 bits per heavy atom. The number of aromatic nitrogens is 2. The van der Waals surface area contributed by atoms with Crippen molar-refractivity contribution >= 4 is 69.7 Å². The molecule has 2 saturated heterocycles. The summed E-state index contributed by atoms with van der Waals surface area (Å²) in [6, 6.07) is 8.07. The van der Waals surface area contributed by atoms with Crippen LogP contribution in [0.5, 0.6) is 5.88 Å². The van der Waals surface area contributed by atoms with E-state index in [4.69, 9.17) is 24.9 Å². The highest BCUT2D eigenvalue weighted by molar-refractivity contribution is 8.14. The van der Waals surface area contributed by atoms with Crippen molar-refractivity contribution in [2.24, 2.45) is 16.0 Å². The van der Waals surface area contributed by atoms with Crippen molar-refractivity contribution in [3.05, 3.63) is 88.4 Å². The molecule has 2 fully saturated rings. The Hall–Kier alpha value is -7.40. The predicted octanol–water partition coefficient (Wildman–Crippen LogP) is 3.12. The lowest BCUT2D eigenvalue weighted by atomic mass is 9.88. The first-order chi connectivity index (χ1) is 38.1. The van der Waals surface area contributed by atoms with Gasteiger partial charge in [0.25, 0.3) is 11.8 Å². The monoisotopic (exact) mass is 1110 g/mol. The van der Waals surface area contributed by atoms with Crippen molar-refractivity contribution in [1.82, 2.24) is 45.6 Å². The fraction of sp³-hybridized carbons (Fsp3) is 0.500. The van der Waals surface area contributed by atoms with Crippen molar-refractivity contribution in [2.75, 3.05) is 84.7 Å². The number of piperidine rings is 1. The van der Waals surface area contributed by atoms with Gasteiger partial charge in [0, 0.05) is 67.7 Å². The van der Waals surface area contributed by atoms with Crippen molar-refractivity contribution in [2.45, 2.75) is 88.7 Å². The van der Waals surface area contributed by atoms with Crippen molar-refractivity contribution in [3.63, 3.8) is 0 Å². The zero-order chi connectivity index (χ0) is 56.3. The average Bonchev–Trinajstić information content (AvgIpc) is 4.37. The number of nitrogens with zero attached hydrogens (tertiary/aromatic N) is 9. The summed E-state index contributed by atoms with van der Waals surface area (Å²) in [5, 5.41) is 25.8. The first kappa shape index (κ1) is 57.8. The Bertz CT molecular complexity index is 2920. The van der Waals surface area contributed by atoms with Crippen molar-refractivity contribution in [3.8, 4) is 11.9 Å². The van der Waals surface area contributed by atoms with Crippen LogP contribution in [0.15, 0.2) is 64.5 Å². The molecule has 2 aromatic carbocycles. The first-order valence-corrected chi connectivity index (χ1v) is 27.4. The molecule has 1 aromatic heterocycles. The molecule has 0 aliphatic carbocycles. The fourth-order valence-corrected chi connectivity index (χ4v) is 11.3. The number of anilines is 1. The minimum Gasteiger partial charge on any atom is -0.467 e. The normalized spacial score (nSPS) is 21.0. The molecule has 420 valence electrons. The molecule has 5 N–H and O–H groups in total. The third kappa shape index (κ3) is 13.7. The van der Waals surface area contributed by atoms with Crippen LogP contribution in [0.1, 0.15) is 90.4 Å². The molecule has 3 aromatic rings. The zero-order valence-corrected chi connectivity index (χ0v) is 45.3. The Morgan fingerprint density at radius 2 is 1.71 bits per heavy atom. The maximum atomic E-state index is 14.5. The van der Waals surface area contributed by atoms with Gasteiger partial charge in [-0.05, 0) is 95.0 Å². The van der Waals surface area contributed by atoms with Crippen LogP contribution >= 0.6 is 11.8 Å². The third-order valence-electron chi connectivity index (χ3n) is 14.6. The summed E-state index contributed by atoms with van der Waals surface area (Å²) in [6.45, 7) is 5.40. The number of hydrazone groups is 1. The first-order valence-electron chi connectivity index (χ1n) is 26.4. The number of rotatable bonds is 20. The van der Waals surface area contributed by atoms with Gasteiger partial charge in [-0.1, -0.05) is 0 Å². The van der Waals surface area contributed by atoms with E-state index in [9.17, 15) is 42.8 Å². The number of carbonyl (C=O) groups is 6. The van der Waals surface area contributed by atoms with E-state index in [1.807, 2.05) is 0 Å². The molecule has 0 spiro atoms. The van der Waals surface area contributed by atoms with Crippen LogP contribution in [0.2, 0.25) is 0 Å². The van der Waals surface area contributed by atoms with Crippen LogP contribution < -0.4 is 26.4 Å². The summed E-state index contributed by atoms with van der Waals surface area (Å²) in [4.78, 5) is 99.4. The number of ketones is 1. The molecule has 5 amide bonds. The van der Waals surface area contributed by atoms with E-state index in [2.05, 4.69) is 37.1 Å². The van der Waals surface area contributed by atoms with Gasteiger partial charge >= 0.3 is 0 Å². The van der Waals surface area contributed by atoms with Crippen LogP contribution in [0.25, 0.3) is 5.57 Å². The van der Waals surface area contributed by atoms with E-state index >= 15 is 0 Å². The number of carbonyl (C=O) groups excluding carboxylic acids is 6. The fourth-order valence-electron chi connectivity index (χ4n) is 10.1. The Labute approximate surface area is 460 Å². The van der Waals surface area contributed by atoms with Gasteiger partial charge in [0.05, 0.1) is 80.7 Å². The molecule has 25 heteroatoms. The molecular weight excluding hydrogens is 1040 g/mol. The highest BCUT2D eigenvalue weighted by Crippen LogP contribution is 2.36. The van der Waals surface area contributed by atoms with E-state index in [1.165, 1.54) is 83.6 Å². The molecule has 5 aliphatic heterocycles. The number of Topliss-reactive ketones (excluding diaryl/α,β-unsaturated/α-hetero) is 1. The number of nitrogens with one attached hydrogen (secondary N) is 3. The molecule has 6 heterocycles. The standard InChI is InChI=1S/C54H65F2N13O9S/c1-31(59-3)50(73)65-47(54(75)68-18-5-6-41(68)52-64-40(30-79-52)48(72)34-7-9-35(55)10-8-34)33-13-19-67(20-14-33)45(71)16-23-77-25-24-76-22-15-44(70)60-17-21-69-42(27-57)46-39-28-61-49(58)51(63-39)78-32(2)38-26-36(56)11-12-37(38)53(74)66(4)43(46)29-62-69/h7-12,26,28-29,31-33,40-41,43,47,59H,5-6,13-25,30H2,1-4H3,(H2,58,61)(H,60,70)(H,65,73)/t31-,32+,40?,41-,43?,47-/m0/s1. The van der Waals surface area contributed by atoms with Gasteiger partial charge in [-0.15, -0.1) is 11.8 Å². The highest BCUT2D eigenvalue weighted by Gasteiger charge is 2.43. The van der Waals surface area contributed by atoms with Crippen LogP contribution in [-0.2, 0) is 28.7 Å². The Morgan fingerprint density at radius 1 is 0.987 bits per heavy atom. The summed E-state index contributed by atoms with van der Waals surface area (Å²) in [6.07, 6.45) is 4.55. The quantitative estimate of drug-likeness (QED) is 0.0934. The smallest absolute Gasteiger partial charge is 0.258 e. The maximum Gasteiger partial charge on any atom is 0.258 e. The highest BCUT2D eigenvalue weighted by atomic mass is 32.2. The number of aliphatic imine (C=N–C) groups is 1. The molecule has 2 bridgehead atoms. The van der Waals surface area contributed by atoms with Gasteiger partial charge in [0.2, 0.25) is 23.6 Å². The van der Waals surface area contributed by atoms with Crippen molar-refractivity contribution < 1.29 is 51.8 Å². The summed E-state index contributed by atoms with van der Waals surface area (Å²) >= 11 is 1.45. The number of likely N-dealkylation sites (N-methyl/N-ethyl adjacent to an activating group) is 2. The number of thioether (sulfide) groups is 1. The molecule has 2 unspecified atom stereocenters. The van der Waals surface area contributed by atoms with E-state index in [0.717, 1.165) is 6.42 Å². The molecule has 6 atom stereocenters. The molecule has 22 nitrogen and oxygen atoms in total. The lowest BCUT2D eigenvalue weighted by Crippen LogP contribution is -2.58. The second-order valence-corrected chi connectivity index (χ2v) is 20.7. The number of ether oxygens (including phenoxy) is 3. The van der Waals surface area contributed by atoms with Crippen LogP contribution in [0.3, 0.4) is 0 Å². The SMILES string of the molecule is CN[C@@H](C)C(=O)N[C@H](C(=O)N1CCC[C@H]1C1=NC(C(=O)c2ccc(F)cc2)CS1)C1CCN(C(=O)CCOCCOCCC(=O)NCCN2N=CC3C(=C2C#N)c2cnc(N)c(n2)O[C@H](C)c2cc(F)ccc2C(=O)N3C)CC1. The van der Waals surface area contributed by atoms with Crippen LogP contribution in [-0.4, -0.2) is 185 Å². The summed E-state index contributed by atoms with van der Waals surface area (Å²) in [5.74, 6) is -2.55. The largest absolute Gasteiger partial charge is 0.467 e. The number of benzene rings is 2. The topological polar surface area (TPSA) is 279 Å². The second kappa shape index (κ2) is 26.5. The second-order valence-electron chi connectivity index (χ2n) is 19.7. The minimum absolute atomic E-state index is 0.0345. The number of hydrogen-bond acceptors (Lipinski definition) is 18. The molecular formula is C54H65F2N13O9S. The molecule has 8 rings (SSSR count). The molecule has 0 saturated carbocycles. The average molecular weight is 1110 g/mol. The number of allylic oxidation sites excluding steroid dienone is 1. The number of halogens is 2. The Balaban J connectivity index is 0.753. The lowest BCUT2D eigenvalue weighted by molar-refractivity contribution is -0.140. The van der Waals surface area contributed by atoms with Gasteiger partial charge in [0.15, 0.2) is 11.6 Å². The zero-order valence-electron chi connectivity index (χ0n) is 44.5. The van der Waals surface area contributed by atoms with Gasteiger partial charge in [-0.25, -0.2) is 18.7 Å². The molecule has 5 aliphatic rings. The molecule has 0 radical (unpaired) electrons. The van der Waals surface area contributed by atoms with Gasteiger partial charge in [-0.2, -0.15) is 10.4 Å². The van der Waals surface area contributed by atoms with Gasteiger partial charge in [-0.3, -0.25) is 38.8 Å². The number of likely N-dealkylation sites (tertiary alicyclic amines) is 2. The number of nitrogen functional groups attached to an aromatic ring is 1. The number of fused-ring (bicyclic) bond motifs is 5. The third-order valence-corrected chi connectivity index (χ3v) is 15.8. The van der Waals surface area contributed by atoms with E-state index < -0.39 is 47.8 Å². The molecule has 79 heavy (non-hydrogen) atoms. The lowest BCUT2D eigenvalue weighted by Gasteiger charge is -2.38. The van der Waals surface area contributed by atoms with Crippen LogP contribution in [0.4, 0.5) is 14.6 Å². The number of hydrogen-bond donors (Lipinski definition) is 4. The summed E-state index contributed by atoms with van der Waals surface area (Å²) in [7, 11) is 3.20. The number of nitrogens with two attached hydrogens (primary N) is 1. The van der Waals surface area contributed by atoms with Crippen molar-refractivity contribution in [1.29, 1.82) is 5.26 Å². The number of nitriles is 1. The van der Waals surface area contributed by atoms with Gasteiger partial charge in [0.1, 0.15) is 41.6 Å². The minimum atomic E-state index is -0.898. The van der Waals surface area contributed by atoms with Gasteiger partial charge < -0.3 is 50.6 Å². The number of amides is 5. The summed E-state index contributed by atoms with van der Waals surface area (Å²) in [5.41, 5.74) is 7.48. The van der Waals surface area contributed by atoms with E-state index in [1.54, 1.807) is 30.7 Å². The Kier molecular flexibility index (Phi) is 19.4. The summed E-state index contributed by atoms with van der Waals surface area (Å²) < 4.78 is 45.3. The van der Waals surface area contributed by atoms with E-state index in [-0.39, 0.29) is 134 Å². The maximum absolute atomic E-state index is 14.5. The van der Waals surface area contributed by atoms with E-state index in [0.29, 0.717) is 55.3 Å².